The Balaban J connectivity index is 1.87. The van der Waals surface area contributed by atoms with Gasteiger partial charge in [-0.15, -0.1) is 0 Å². The lowest BCUT2D eigenvalue weighted by molar-refractivity contribution is -0.140. The first kappa shape index (κ1) is 14.9. The number of nitrogens with one attached hydrogen (secondary N) is 1. The third-order valence-corrected chi connectivity index (χ3v) is 3.79. The van der Waals surface area contributed by atoms with E-state index in [1.54, 1.807) is 0 Å². The van der Waals surface area contributed by atoms with Gasteiger partial charge in [-0.05, 0) is 37.1 Å². The van der Waals surface area contributed by atoms with E-state index < -0.39 is 0 Å². The number of rotatable bonds is 6. The Morgan fingerprint density at radius 2 is 2.30 bits per heavy atom. The number of benzene rings is 1. The molecule has 110 valence electrons. The van der Waals surface area contributed by atoms with E-state index in [0.29, 0.717) is 12.8 Å². The Hall–Kier alpha value is -1.55. The van der Waals surface area contributed by atoms with Crippen molar-refractivity contribution in [2.75, 3.05) is 26.8 Å². The molecule has 1 aromatic rings. The van der Waals surface area contributed by atoms with Crippen LogP contribution in [0.1, 0.15) is 25.3 Å². The minimum absolute atomic E-state index is 0.180. The molecule has 1 heterocycles. The fourth-order valence-corrected chi connectivity index (χ4v) is 2.39. The van der Waals surface area contributed by atoms with Gasteiger partial charge in [0.05, 0.1) is 13.7 Å². The highest BCUT2D eigenvalue weighted by molar-refractivity contribution is 5.69. The second-order valence-corrected chi connectivity index (χ2v) is 5.75. The standard InChI is InChI=1S/C16H23NO3/c1-16(8-9-17-11-16)12-20-14-5-3-4-13(10-14)6-7-15(18)19-2/h3-5,10,17H,6-9,11-12H2,1-2H3. The van der Waals surface area contributed by atoms with E-state index in [-0.39, 0.29) is 11.4 Å². The lowest BCUT2D eigenvalue weighted by Gasteiger charge is -2.22. The number of carbonyl (C=O) groups excluding carboxylic acids is 1. The molecule has 1 N–H and O–H groups in total. The zero-order valence-electron chi connectivity index (χ0n) is 12.3. The zero-order valence-corrected chi connectivity index (χ0v) is 12.3. The second-order valence-electron chi connectivity index (χ2n) is 5.75. The lowest BCUT2D eigenvalue weighted by atomic mass is 9.91. The van der Waals surface area contributed by atoms with Gasteiger partial charge < -0.3 is 14.8 Å². The number of esters is 1. The summed E-state index contributed by atoms with van der Waals surface area (Å²) < 4.78 is 10.6. The van der Waals surface area contributed by atoms with E-state index in [1.807, 2.05) is 24.3 Å². The molecule has 0 aromatic heterocycles. The predicted octanol–water partition coefficient (Wildman–Crippen LogP) is 2.17. The normalized spacial score (nSPS) is 21.7. The van der Waals surface area contributed by atoms with E-state index in [1.165, 1.54) is 7.11 Å². The number of hydrogen-bond acceptors (Lipinski definition) is 4. The van der Waals surface area contributed by atoms with Crippen LogP contribution in [-0.2, 0) is 16.0 Å². The first-order valence-corrected chi connectivity index (χ1v) is 7.11. The van der Waals surface area contributed by atoms with Gasteiger partial charge >= 0.3 is 5.97 Å². The molecule has 1 fully saturated rings. The van der Waals surface area contributed by atoms with Gasteiger partial charge in [0.25, 0.3) is 0 Å². The number of aryl methyl sites for hydroxylation is 1. The highest BCUT2D eigenvalue weighted by Gasteiger charge is 2.29. The molecule has 1 aliphatic heterocycles. The van der Waals surface area contributed by atoms with E-state index in [0.717, 1.165) is 37.4 Å². The molecule has 1 aliphatic rings. The molecule has 1 unspecified atom stereocenters. The molecule has 0 bridgehead atoms. The Labute approximate surface area is 120 Å². The Morgan fingerprint density at radius 3 is 3.00 bits per heavy atom. The third-order valence-electron chi connectivity index (χ3n) is 3.79. The van der Waals surface area contributed by atoms with Crippen LogP contribution in [0.15, 0.2) is 24.3 Å². The van der Waals surface area contributed by atoms with Crippen LogP contribution < -0.4 is 10.1 Å². The molecule has 0 radical (unpaired) electrons. The molecular weight excluding hydrogens is 254 g/mol. The van der Waals surface area contributed by atoms with Crippen molar-refractivity contribution >= 4 is 5.97 Å². The van der Waals surface area contributed by atoms with Gasteiger partial charge in [0.1, 0.15) is 5.75 Å². The molecule has 1 aromatic carbocycles. The number of ether oxygens (including phenoxy) is 2. The van der Waals surface area contributed by atoms with Gasteiger partial charge in [0.15, 0.2) is 0 Å². The van der Waals surface area contributed by atoms with Crippen molar-refractivity contribution in [3.63, 3.8) is 0 Å². The maximum absolute atomic E-state index is 11.2. The highest BCUT2D eigenvalue weighted by atomic mass is 16.5. The Morgan fingerprint density at radius 1 is 1.45 bits per heavy atom. The van der Waals surface area contributed by atoms with Crippen LogP contribution in [-0.4, -0.2) is 32.8 Å². The average Bonchev–Trinajstić information content (AvgIpc) is 2.90. The largest absolute Gasteiger partial charge is 0.493 e. The maximum Gasteiger partial charge on any atom is 0.305 e. The Kier molecular flexibility index (Phi) is 5.01. The molecule has 0 aliphatic carbocycles. The molecule has 4 nitrogen and oxygen atoms in total. The van der Waals surface area contributed by atoms with Crippen LogP contribution in [0.25, 0.3) is 0 Å². The smallest absolute Gasteiger partial charge is 0.305 e. The van der Waals surface area contributed by atoms with Crippen molar-refractivity contribution in [3.8, 4) is 5.75 Å². The van der Waals surface area contributed by atoms with Gasteiger partial charge in [-0.1, -0.05) is 19.1 Å². The van der Waals surface area contributed by atoms with E-state index >= 15 is 0 Å². The van der Waals surface area contributed by atoms with Crippen molar-refractivity contribution in [1.29, 1.82) is 0 Å². The SMILES string of the molecule is COC(=O)CCc1cccc(OCC2(C)CCNC2)c1. The van der Waals surface area contributed by atoms with Gasteiger partial charge in [-0.3, -0.25) is 4.79 Å². The monoisotopic (exact) mass is 277 g/mol. The quantitative estimate of drug-likeness (QED) is 0.810. The average molecular weight is 277 g/mol. The number of methoxy groups -OCH3 is 1. The topological polar surface area (TPSA) is 47.6 Å². The third kappa shape index (κ3) is 4.23. The minimum atomic E-state index is -0.180. The second kappa shape index (κ2) is 6.75. The minimum Gasteiger partial charge on any atom is -0.493 e. The molecule has 4 heteroatoms. The molecule has 1 atom stereocenters. The van der Waals surface area contributed by atoms with Crippen LogP contribution in [0, 0.1) is 5.41 Å². The van der Waals surface area contributed by atoms with Gasteiger partial charge in [0.2, 0.25) is 0 Å². The lowest BCUT2D eigenvalue weighted by Crippen LogP contribution is -2.27. The summed E-state index contributed by atoms with van der Waals surface area (Å²) in [5.41, 5.74) is 1.32. The van der Waals surface area contributed by atoms with Crippen LogP contribution >= 0.6 is 0 Å². The van der Waals surface area contributed by atoms with E-state index in [2.05, 4.69) is 17.0 Å². The summed E-state index contributed by atoms with van der Waals surface area (Å²) >= 11 is 0. The van der Waals surface area contributed by atoms with Crippen LogP contribution in [0.5, 0.6) is 5.75 Å². The first-order chi connectivity index (χ1) is 9.61. The zero-order chi connectivity index (χ0) is 14.4. The predicted molar refractivity (Wildman–Crippen MR) is 77.9 cm³/mol. The number of carbonyl (C=O) groups is 1. The highest BCUT2D eigenvalue weighted by Crippen LogP contribution is 2.26. The van der Waals surface area contributed by atoms with Crippen LogP contribution in [0.2, 0.25) is 0 Å². The molecule has 2 rings (SSSR count). The van der Waals surface area contributed by atoms with Gasteiger partial charge in [-0.25, -0.2) is 0 Å². The maximum atomic E-state index is 11.2. The van der Waals surface area contributed by atoms with Crippen molar-refractivity contribution in [1.82, 2.24) is 5.32 Å². The summed E-state index contributed by atoms with van der Waals surface area (Å²) in [7, 11) is 1.41. The van der Waals surface area contributed by atoms with E-state index in [4.69, 9.17) is 4.74 Å². The number of hydrogen-bond donors (Lipinski definition) is 1. The fourth-order valence-electron chi connectivity index (χ4n) is 2.39. The first-order valence-electron chi connectivity index (χ1n) is 7.11. The summed E-state index contributed by atoms with van der Waals surface area (Å²) in [6, 6.07) is 7.95. The van der Waals surface area contributed by atoms with Crippen LogP contribution in [0.3, 0.4) is 0 Å². The van der Waals surface area contributed by atoms with Crippen molar-refractivity contribution in [3.05, 3.63) is 29.8 Å². The van der Waals surface area contributed by atoms with Crippen molar-refractivity contribution in [2.24, 2.45) is 5.41 Å². The molecule has 0 saturated carbocycles. The van der Waals surface area contributed by atoms with Crippen molar-refractivity contribution in [2.45, 2.75) is 26.2 Å². The fraction of sp³-hybridized carbons (Fsp3) is 0.562. The summed E-state index contributed by atoms with van der Waals surface area (Å²) in [5.74, 6) is 0.696. The van der Waals surface area contributed by atoms with Crippen LogP contribution in [0.4, 0.5) is 0 Å². The molecule has 1 saturated heterocycles. The van der Waals surface area contributed by atoms with Crippen molar-refractivity contribution < 1.29 is 14.3 Å². The van der Waals surface area contributed by atoms with E-state index in [9.17, 15) is 4.79 Å². The Bertz CT molecular complexity index is 453. The summed E-state index contributed by atoms with van der Waals surface area (Å²) in [5, 5.41) is 3.37. The molecule has 0 amide bonds. The molecule has 20 heavy (non-hydrogen) atoms. The summed E-state index contributed by atoms with van der Waals surface area (Å²) in [4.78, 5) is 11.2. The van der Waals surface area contributed by atoms with Gasteiger partial charge in [-0.2, -0.15) is 0 Å². The summed E-state index contributed by atoms with van der Waals surface area (Å²) in [6.07, 6.45) is 2.24. The molecule has 0 spiro atoms. The molecular formula is C16H23NO3. The van der Waals surface area contributed by atoms with Gasteiger partial charge in [0, 0.05) is 18.4 Å². The summed E-state index contributed by atoms with van der Waals surface area (Å²) in [6.45, 7) is 5.04.